The Labute approximate surface area is 281 Å². The largest absolute Gasteiger partial charge is 0.352 e. The molecule has 4 aromatic carbocycles. The van der Waals surface area contributed by atoms with Gasteiger partial charge in [-0.25, -0.2) is 8.42 Å². The van der Waals surface area contributed by atoms with Gasteiger partial charge in [-0.15, -0.1) is 0 Å². The first-order valence-electron chi connectivity index (χ1n) is 15.3. The Hall–Kier alpha value is -3.85. The summed E-state index contributed by atoms with van der Waals surface area (Å²) in [5, 5.41) is 3.99. The van der Waals surface area contributed by atoms with Crippen LogP contribution >= 0.6 is 23.2 Å². The smallest absolute Gasteiger partial charge is 0.264 e. The number of amides is 2. The highest BCUT2D eigenvalue weighted by atomic mass is 35.5. The minimum atomic E-state index is -4.21. The molecule has 7 nitrogen and oxygen atoms in total. The van der Waals surface area contributed by atoms with E-state index in [-0.39, 0.29) is 35.5 Å². The summed E-state index contributed by atoms with van der Waals surface area (Å²) in [5.41, 5.74) is 2.72. The molecule has 0 heterocycles. The van der Waals surface area contributed by atoms with E-state index in [1.807, 2.05) is 43.3 Å². The number of rotatable bonds is 12. The van der Waals surface area contributed by atoms with Crippen molar-refractivity contribution in [2.75, 3.05) is 10.8 Å². The standard InChI is InChI=1S/C36H37Cl2N3O4S/c1-26-17-19-33(20-18-26)46(44,45)41(32-16-8-13-30(38)23-32)25-35(42)40(24-28-11-7-12-29(37)21-28)34(22-27-9-3-2-4-10-27)36(43)39-31-14-5-6-15-31/h2-4,7-13,16-21,23,31,34H,5-6,14-15,22,24-25H2,1H3,(H,39,43)/t34-/m0/s1. The highest BCUT2D eigenvalue weighted by molar-refractivity contribution is 7.92. The Morgan fingerprint density at radius 3 is 2.11 bits per heavy atom. The first-order chi connectivity index (χ1) is 22.1. The fraction of sp³-hybridized carbons (Fsp3) is 0.278. The van der Waals surface area contributed by atoms with Crippen molar-refractivity contribution in [1.29, 1.82) is 0 Å². The van der Waals surface area contributed by atoms with Gasteiger partial charge in [-0.1, -0.05) is 102 Å². The van der Waals surface area contributed by atoms with Gasteiger partial charge >= 0.3 is 0 Å². The lowest BCUT2D eigenvalue weighted by atomic mass is 10.0. The number of anilines is 1. The normalized spacial score (nSPS) is 14.1. The van der Waals surface area contributed by atoms with Gasteiger partial charge in [0.15, 0.2) is 0 Å². The number of halogens is 2. The Bertz CT molecular complexity index is 1760. The quantitative estimate of drug-likeness (QED) is 0.172. The van der Waals surface area contributed by atoms with Gasteiger partial charge in [-0.3, -0.25) is 13.9 Å². The molecule has 240 valence electrons. The van der Waals surface area contributed by atoms with Crippen molar-refractivity contribution in [2.24, 2.45) is 0 Å². The van der Waals surface area contributed by atoms with Crippen molar-refractivity contribution in [2.45, 2.75) is 62.6 Å². The molecular formula is C36H37Cl2N3O4S. The summed E-state index contributed by atoms with van der Waals surface area (Å²) in [5.74, 6) is -0.819. The molecule has 1 atom stereocenters. The highest BCUT2D eigenvalue weighted by Crippen LogP contribution is 2.28. The molecule has 1 saturated carbocycles. The maximum Gasteiger partial charge on any atom is 0.264 e. The van der Waals surface area contributed by atoms with Crippen LogP contribution in [-0.4, -0.2) is 43.8 Å². The minimum absolute atomic E-state index is 0.0266. The summed E-state index contributed by atoms with van der Waals surface area (Å²) in [6, 6.07) is 28.5. The van der Waals surface area contributed by atoms with E-state index >= 15 is 0 Å². The number of nitrogens with one attached hydrogen (secondary N) is 1. The third-order valence-electron chi connectivity index (χ3n) is 8.20. The van der Waals surface area contributed by atoms with E-state index in [1.54, 1.807) is 48.5 Å². The Kier molecular flexibility index (Phi) is 11.0. The summed E-state index contributed by atoms with van der Waals surface area (Å²) in [7, 11) is -4.21. The molecule has 0 unspecified atom stereocenters. The molecule has 1 aliphatic carbocycles. The average Bonchev–Trinajstić information content (AvgIpc) is 3.55. The van der Waals surface area contributed by atoms with Crippen LogP contribution in [0.25, 0.3) is 0 Å². The molecule has 10 heteroatoms. The van der Waals surface area contributed by atoms with Gasteiger partial charge in [0, 0.05) is 29.1 Å². The molecule has 1 aliphatic rings. The third kappa shape index (κ3) is 8.49. The van der Waals surface area contributed by atoms with Gasteiger partial charge < -0.3 is 10.2 Å². The molecule has 0 bridgehead atoms. The van der Waals surface area contributed by atoms with Crippen LogP contribution in [0.1, 0.15) is 42.4 Å². The van der Waals surface area contributed by atoms with E-state index < -0.39 is 28.5 Å². The van der Waals surface area contributed by atoms with Crippen molar-refractivity contribution in [1.82, 2.24) is 10.2 Å². The predicted molar refractivity (Wildman–Crippen MR) is 183 cm³/mol. The summed E-state index contributed by atoms with van der Waals surface area (Å²) in [4.78, 5) is 30.2. The number of carbonyl (C=O) groups excluding carboxylic acids is 2. The van der Waals surface area contributed by atoms with Crippen molar-refractivity contribution >= 4 is 50.7 Å². The number of aryl methyl sites for hydroxylation is 1. The van der Waals surface area contributed by atoms with Crippen molar-refractivity contribution in [3.63, 3.8) is 0 Å². The van der Waals surface area contributed by atoms with Gasteiger partial charge in [0.1, 0.15) is 12.6 Å². The average molecular weight is 679 g/mol. The Morgan fingerprint density at radius 2 is 1.46 bits per heavy atom. The van der Waals surface area contributed by atoms with Crippen LogP contribution in [-0.2, 0) is 32.6 Å². The maximum absolute atomic E-state index is 14.6. The lowest BCUT2D eigenvalue weighted by Gasteiger charge is -2.34. The number of hydrogen-bond donors (Lipinski definition) is 1. The number of carbonyl (C=O) groups is 2. The molecule has 1 fully saturated rings. The van der Waals surface area contributed by atoms with Crippen LogP contribution < -0.4 is 9.62 Å². The fourth-order valence-electron chi connectivity index (χ4n) is 5.75. The molecule has 5 rings (SSSR count). The van der Waals surface area contributed by atoms with Gasteiger partial charge in [-0.2, -0.15) is 0 Å². The van der Waals surface area contributed by atoms with E-state index in [0.717, 1.165) is 41.1 Å². The predicted octanol–water partition coefficient (Wildman–Crippen LogP) is 7.20. The topological polar surface area (TPSA) is 86.8 Å². The number of hydrogen-bond acceptors (Lipinski definition) is 4. The van der Waals surface area contributed by atoms with Gasteiger partial charge in [0.2, 0.25) is 11.8 Å². The summed E-state index contributed by atoms with van der Waals surface area (Å²) < 4.78 is 29.4. The van der Waals surface area contributed by atoms with Crippen LogP contribution in [0.15, 0.2) is 108 Å². The summed E-state index contributed by atoms with van der Waals surface area (Å²) >= 11 is 12.6. The monoisotopic (exact) mass is 677 g/mol. The molecule has 1 N–H and O–H groups in total. The Balaban J connectivity index is 1.57. The molecule has 46 heavy (non-hydrogen) atoms. The van der Waals surface area contributed by atoms with E-state index in [9.17, 15) is 18.0 Å². The van der Waals surface area contributed by atoms with Gasteiger partial charge in [-0.05, 0) is 73.4 Å². The zero-order valence-electron chi connectivity index (χ0n) is 25.6. The second-order valence-electron chi connectivity index (χ2n) is 11.7. The molecule has 2 amide bonds. The zero-order chi connectivity index (χ0) is 32.7. The summed E-state index contributed by atoms with van der Waals surface area (Å²) in [6.07, 6.45) is 4.07. The lowest BCUT2D eigenvalue weighted by molar-refractivity contribution is -0.140. The lowest BCUT2D eigenvalue weighted by Crippen LogP contribution is -2.54. The third-order valence-corrected chi connectivity index (χ3v) is 10.5. The first-order valence-corrected chi connectivity index (χ1v) is 17.5. The van der Waals surface area contributed by atoms with Crippen molar-refractivity contribution < 1.29 is 18.0 Å². The second kappa shape index (κ2) is 15.2. The van der Waals surface area contributed by atoms with Crippen molar-refractivity contribution in [3.05, 3.63) is 130 Å². The first kappa shape index (κ1) is 33.5. The molecular weight excluding hydrogens is 641 g/mol. The molecule has 0 saturated heterocycles. The fourth-order valence-corrected chi connectivity index (χ4v) is 7.55. The molecule has 0 radical (unpaired) electrons. The molecule has 4 aromatic rings. The van der Waals surface area contributed by atoms with Crippen LogP contribution in [0, 0.1) is 6.92 Å². The molecule has 0 aliphatic heterocycles. The van der Waals surface area contributed by atoms with E-state index in [0.29, 0.717) is 15.6 Å². The molecule has 0 aromatic heterocycles. The Morgan fingerprint density at radius 1 is 0.826 bits per heavy atom. The van der Waals surface area contributed by atoms with Crippen LogP contribution in [0.3, 0.4) is 0 Å². The zero-order valence-corrected chi connectivity index (χ0v) is 27.9. The highest BCUT2D eigenvalue weighted by Gasteiger charge is 2.35. The summed E-state index contributed by atoms with van der Waals surface area (Å²) in [6.45, 7) is 1.36. The van der Waals surface area contributed by atoms with Crippen LogP contribution in [0.5, 0.6) is 0 Å². The van der Waals surface area contributed by atoms with E-state index in [1.165, 1.54) is 23.1 Å². The number of nitrogens with zero attached hydrogens (tertiary/aromatic N) is 2. The number of sulfonamides is 1. The number of benzene rings is 4. The molecule has 0 spiro atoms. The van der Waals surface area contributed by atoms with E-state index in [4.69, 9.17) is 23.2 Å². The van der Waals surface area contributed by atoms with E-state index in [2.05, 4.69) is 5.32 Å². The maximum atomic E-state index is 14.6. The van der Waals surface area contributed by atoms with Crippen molar-refractivity contribution in [3.8, 4) is 0 Å². The van der Waals surface area contributed by atoms with Gasteiger partial charge in [0.05, 0.1) is 10.6 Å². The SMILES string of the molecule is Cc1ccc(S(=O)(=O)N(CC(=O)N(Cc2cccc(Cl)c2)[C@@H](Cc2ccccc2)C(=O)NC2CCCC2)c2cccc(Cl)c2)cc1. The van der Waals surface area contributed by atoms with Gasteiger partial charge in [0.25, 0.3) is 10.0 Å². The van der Waals surface area contributed by atoms with Crippen LogP contribution in [0.2, 0.25) is 10.0 Å². The second-order valence-corrected chi connectivity index (χ2v) is 14.4. The van der Waals surface area contributed by atoms with Crippen LogP contribution in [0.4, 0.5) is 5.69 Å². The minimum Gasteiger partial charge on any atom is -0.352 e.